The molecule has 0 aliphatic carbocycles. The summed E-state index contributed by atoms with van der Waals surface area (Å²) >= 11 is 0. The predicted molar refractivity (Wildman–Crippen MR) is 173 cm³/mol. The van der Waals surface area contributed by atoms with Crippen LogP contribution >= 0.6 is 37.2 Å². The summed E-state index contributed by atoms with van der Waals surface area (Å²) in [7, 11) is 0. The fraction of sp³-hybridized carbons (Fsp3) is 0.406. The Morgan fingerprint density at radius 1 is 1.00 bits per heavy atom. The van der Waals surface area contributed by atoms with Crippen molar-refractivity contribution in [3.05, 3.63) is 101 Å². The summed E-state index contributed by atoms with van der Waals surface area (Å²) < 4.78 is 53.4. The quantitative estimate of drug-likeness (QED) is 0.223. The van der Waals surface area contributed by atoms with Gasteiger partial charge in [0.05, 0.1) is 31.0 Å². The van der Waals surface area contributed by atoms with Gasteiger partial charge >= 0.3 is 5.97 Å². The van der Waals surface area contributed by atoms with E-state index < -0.39 is 29.4 Å². The molecule has 2 heterocycles. The Labute approximate surface area is 280 Å². The molecular weight excluding hydrogens is 654 g/mol. The Bertz CT molecular complexity index is 1300. The zero-order chi connectivity index (χ0) is 30.1. The number of halogens is 6. The first-order valence-electron chi connectivity index (χ1n) is 14.2. The average Bonchev–Trinajstić information content (AvgIpc) is 2.98. The van der Waals surface area contributed by atoms with Crippen LogP contribution in [0.5, 0.6) is 0 Å². The number of nitrogens with two attached hydrogens (primary N) is 1. The highest BCUT2D eigenvalue weighted by molar-refractivity contribution is 5.88. The predicted octanol–water partition coefficient (Wildman–Crippen LogP) is 5.67. The highest BCUT2D eigenvalue weighted by atomic mass is 35.5. The molecule has 2 aromatic carbocycles. The zero-order valence-corrected chi connectivity index (χ0v) is 27.2. The summed E-state index contributed by atoms with van der Waals surface area (Å²) in [5.41, 5.74) is 8.48. The van der Waals surface area contributed by atoms with Gasteiger partial charge in [0.25, 0.3) is 0 Å². The maximum absolute atomic E-state index is 14.9. The number of carbonyl (C=O) groups excluding carboxylic acids is 2. The number of aromatic nitrogens is 1. The van der Waals surface area contributed by atoms with Crippen molar-refractivity contribution in [2.45, 2.75) is 63.1 Å². The Balaban J connectivity index is 0.00000337. The number of ether oxygens (including phenoxy) is 2. The molecule has 7 nitrogen and oxygen atoms in total. The van der Waals surface area contributed by atoms with Gasteiger partial charge in [-0.05, 0) is 65.8 Å². The van der Waals surface area contributed by atoms with Crippen LogP contribution in [0.2, 0.25) is 0 Å². The van der Waals surface area contributed by atoms with Gasteiger partial charge in [0, 0.05) is 31.5 Å². The normalized spacial score (nSPS) is 16.5. The number of benzene rings is 2. The molecule has 1 saturated heterocycles. The number of esters is 1. The molecule has 4 rings (SSSR count). The number of hydrogen-bond acceptors (Lipinski definition) is 7. The van der Waals surface area contributed by atoms with Gasteiger partial charge < -0.3 is 20.5 Å². The Hall–Kier alpha value is -2.73. The zero-order valence-electron chi connectivity index (χ0n) is 24.8. The summed E-state index contributed by atoms with van der Waals surface area (Å²) in [4.78, 5) is 29.1. The van der Waals surface area contributed by atoms with Gasteiger partial charge in [0.1, 0.15) is 24.1 Å². The maximum Gasteiger partial charge on any atom is 0.305 e. The highest BCUT2D eigenvalue weighted by Gasteiger charge is 2.29. The van der Waals surface area contributed by atoms with Crippen molar-refractivity contribution in [2.75, 3.05) is 19.8 Å². The molecule has 1 unspecified atom stereocenters. The lowest BCUT2D eigenvalue weighted by molar-refractivity contribution is -0.145. The monoisotopic (exact) mass is 691 g/mol. The number of nitrogens with zero attached hydrogens (tertiary/aromatic N) is 1. The Kier molecular flexibility index (Phi) is 17.6. The third kappa shape index (κ3) is 11.5. The van der Waals surface area contributed by atoms with Crippen LogP contribution in [0.25, 0.3) is 0 Å². The molecule has 13 heteroatoms. The largest absolute Gasteiger partial charge is 0.464 e. The van der Waals surface area contributed by atoms with Crippen molar-refractivity contribution in [2.24, 2.45) is 5.73 Å². The molecule has 3 aromatic rings. The molecule has 45 heavy (non-hydrogen) atoms. The molecule has 248 valence electrons. The number of carbonyl (C=O) groups is 2. The highest BCUT2D eigenvalue weighted by Crippen LogP contribution is 2.29. The SMILES string of the molecule is CCCC(=O)OCC1CO[C@H](CCc2c(F)cncc2CC(=O)[C@@H](N)C(c2ccc(F)cc2)c2ccc(F)cc2)CN1.Cl.Cl.Cl. The van der Waals surface area contributed by atoms with Gasteiger partial charge in [-0.25, -0.2) is 13.2 Å². The van der Waals surface area contributed by atoms with E-state index in [4.69, 9.17) is 15.2 Å². The second-order valence-corrected chi connectivity index (χ2v) is 10.5. The molecule has 0 amide bonds. The van der Waals surface area contributed by atoms with Gasteiger partial charge in [0.15, 0.2) is 5.78 Å². The van der Waals surface area contributed by atoms with E-state index in [1.807, 2.05) is 6.92 Å². The standard InChI is InChI=1S/C32H36F3N3O4.3ClH/c1-2-3-30(40)42-19-25-18-41-26(16-38-25)12-13-27-22(15-37-17-28(27)35)14-29(39)32(36)31(20-4-8-23(33)9-5-20)21-6-10-24(34)11-7-21;;;/h4-11,15,17,25-26,31-32,38H,2-3,12-14,16,18-19,36H2,1H3;3*1H/t25?,26-,32-;;;/m1.../s1. The summed E-state index contributed by atoms with van der Waals surface area (Å²) in [6.07, 6.45) is 4.15. The molecule has 3 N–H and O–H groups in total. The second kappa shape index (κ2) is 19.7. The Morgan fingerprint density at radius 3 is 2.13 bits per heavy atom. The lowest BCUT2D eigenvalue weighted by Crippen LogP contribution is -2.49. The van der Waals surface area contributed by atoms with Crippen molar-refractivity contribution in [3.8, 4) is 0 Å². The van der Waals surface area contributed by atoms with E-state index in [1.165, 1.54) is 30.5 Å². The molecule has 1 aliphatic heterocycles. The van der Waals surface area contributed by atoms with Gasteiger partial charge in [-0.15, -0.1) is 37.2 Å². The number of Topliss-reactive ketones (excluding diaryl/α,β-unsaturated/α-hetero) is 1. The third-order valence-electron chi connectivity index (χ3n) is 7.43. The lowest BCUT2D eigenvalue weighted by Gasteiger charge is -2.30. The average molecular weight is 693 g/mol. The van der Waals surface area contributed by atoms with Crippen LogP contribution in [0.4, 0.5) is 13.2 Å². The van der Waals surface area contributed by atoms with Crippen molar-refractivity contribution >= 4 is 49.0 Å². The minimum absolute atomic E-state index is 0. The van der Waals surface area contributed by atoms with E-state index in [-0.39, 0.29) is 74.1 Å². The Morgan fingerprint density at radius 2 is 1.60 bits per heavy atom. The molecule has 0 radical (unpaired) electrons. The third-order valence-corrected chi connectivity index (χ3v) is 7.43. The van der Waals surface area contributed by atoms with E-state index in [2.05, 4.69) is 10.3 Å². The van der Waals surface area contributed by atoms with Crippen LogP contribution in [0, 0.1) is 17.5 Å². The van der Waals surface area contributed by atoms with Crippen LogP contribution in [-0.4, -0.2) is 54.7 Å². The first-order chi connectivity index (χ1) is 20.2. The van der Waals surface area contributed by atoms with Crippen LogP contribution in [0.1, 0.15) is 54.4 Å². The fourth-order valence-corrected chi connectivity index (χ4v) is 5.11. The van der Waals surface area contributed by atoms with Crippen LogP contribution < -0.4 is 11.1 Å². The van der Waals surface area contributed by atoms with E-state index in [9.17, 15) is 22.8 Å². The molecule has 1 aromatic heterocycles. The van der Waals surface area contributed by atoms with Crippen molar-refractivity contribution < 1.29 is 32.2 Å². The number of morpholine rings is 1. The van der Waals surface area contributed by atoms with Crippen LogP contribution in [-0.2, 0) is 31.9 Å². The first-order valence-corrected chi connectivity index (χ1v) is 14.2. The second-order valence-electron chi connectivity index (χ2n) is 10.5. The minimum atomic E-state index is -1.06. The molecule has 3 atom stereocenters. The fourth-order valence-electron chi connectivity index (χ4n) is 5.11. The molecule has 0 bridgehead atoms. The van der Waals surface area contributed by atoms with Crippen molar-refractivity contribution in [1.82, 2.24) is 10.3 Å². The van der Waals surface area contributed by atoms with Gasteiger partial charge in [-0.2, -0.15) is 0 Å². The number of rotatable bonds is 13. The summed E-state index contributed by atoms with van der Waals surface area (Å²) in [6, 6.07) is 10.1. The number of nitrogens with one attached hydrogen (secondary N) is 1. The van der Waals surface area contributed by atoms with Crippen molar-refractivity contribution in [3.63, 3.8) is 0 Å². The molecule has 1 aliphatic rings. The summed E-state index contributed by atoms with van der Waals surface area (Å²) in [6.45, 7) is 3.01. The molecule has 1 fully saturated rings. The summed E-state index contributed by atoms with van der Waals surface area (Å²) in [5.74, 6) is -2.66. The van der Waals surface area contributed by atoms with E-state index in [0.717, 1.165) is 12.6 Å². The topological polar surface area (TPSA) is 104 Å². The smallest absolute Gasteiger partial charge is 0.305 e. The maximum atomic E-state index is 14.9. The molecular formula is C32H39Cl3F3N3O4. The van der Waals surface area contributed by atoms with Crippen LogP contribution in [0.3, 0.4) is 0 Å². The number of pyridine rings is 1. The van der Waals surface area contributed by atoms with Gasteiger partial charge in [0.2, 0.25) is 0 Å². The summed E-state index contributed by atoms with van der Waals surface area (Å²) in [5, 5.41) is 3.30. The lowest BCUT2D eigenvalue weighted by atomic mass is 9.82. The van der Waals surface area contributed by atoms with E-state index in [0.29, 0.717) is 54.7 Å². The molecule has 0 spiro atoms. The van der Waals surface area contributed by atoms with Gasteiger partial charge in [-0.1, -0.05) is 31.2 Å². The van der Waals surface area contributed by atoms with Crippen molar-refractivity contribution in [1.29, 1.82) is 0 Å². The number of ketones is 1. The van der Waals surface area contributed by atoms with Gasteiger partial charge in [-0.3, -0.25) is 14.6 Å². The van der Waals surface area contributed by atoms with Crippen LogP contribution in [0.15, 0.2) is 60.9 Å². The number of hydrogen-bond donors (Lipinski definition) is 2. The van der Waals surface area contributed by atoms with E-state index >= 15 is 0 Å². The molecule has 0 saturated carbocycles. The van der Waals surface area contributed by atoms with E-state index in [1.54, 1.807) is 24.3 Å². The minimum Gasteiger partial charge on any atom is -0.464 e. The first kappa shape index (κ1) is 40.3.